The third-order valence-electron chi connectivity index (χ3n) is 6.71. The van der Waals surface area contributed by atoms with E-state index in [1.807, 2.05) is 38.1 Å². The molecule has 0 saturated heterocycles. The van der Waals surface area contributed by atoms with Gasteiger partial charge in [-0.05, 0) is 92.8 Å². The molecule has 0 aliphatic carbocycles. The molecule has 0 radical (unpaired) electrons. The second-order valence-electron chi connectivity index (χ2n) is 10.0. The van der Waals surface area contributed by atoms with Crippen molar-refractivity contribution in [2.75, 3.05) is 20.3 Å². The van der Waals surface area contributed by atoms with E-state index in [0.717, 1.165) is 22.4 Å². The number of aromatic nitrogens is 2. The second kappa shape index (κ2) is 13.3. The molecule has 42 heavy (non-hydrogen) atoms. The van der Waals surface area contributed by atoms with Crippen LogP contribution in [0.5, 0.6) is 17.2 Å². The number of rotatable bonds is 11. The van der Waals surface area contributed by atoms with Crippen molar-refractivity contribution in [2.45, 2.75) is 53.6 Å². The van der Waals surface area contributed by atoms with Crippen LogP contribution < -0.4 is 19.8 Å². The molecular weight excluding hydrogens is 534 g/mol. The lowest BCUT2D eigenvalue weighted by Crippen LogP contribution is -2.26. The highest BCUT2D eigenvalue weighted by atomic mass is 16.6. The summed E-state index contributed by atoms with van der Waals surface area (Å²) in [5.41, 5.74) is 3.67. The Morgan fingerprint density at radius 3 is 2.45 bits per heavy atom. The summed E-state index contributed by atoms with van der Waals surface area (Å²) in [5.74, 6) is 1.75. The van der Waals surface area contributed by atoms with Gasteiger partial charge in [0.15, 0.2) is 23.4 Å². The lowest BCUT2D eigenvalue weighted by Gasteiger charge is -2.18. The molecule has 1 atom stereocenters. The SMILES string of the molecule is CCOC(=O)[C@@H](C)Oc1ccc(C=Nn2c(-c3cc(C(C)C)c(OCC)cc3C)nc3ccccc3c2=O)cc1OC. The minimum atomic E-state index is -0.809. The van der Waals surface area contributed by atoms with Crippen LogP contribution in [0, 0.1) is 6.92 Å². The fourth-order valence-electron chi connectivity index (χ4n) is 4.56. The maximum Gasteiger partial charge on any atom is 0.347 e. The number of ether oxygens (including phenoxy) is 4. The largest absolute Gasteiger partial charge is 0.494 e. The minimum Gasteiger partial charge on any atom is -0.494 e. The molecule has 0 N–H and O–H groups in total. The van der Waals surface area contributed by atoms with Crippen LogP contribution >= 0.6 is 0 Å². The Labute approximate surface area is 245 Å². The highest BCUT2D eigenvalue weighted by Crippen LogP contribution is 2.34. The zero-order chi connectivity index (χ0) is 30.4. The molecule has 4 rings (SSSR count). The van der Waals surface area contributed by atoms with Gasteiger partial charge in [0, 0.05) is 5.56 Å². The van der Waals surface area contributed by atoms with Gasteiger partial charge in [-0.15, -0.1) is 0 Å². The quantitative estimate of drug-likeness (QED) is 0.158. The highest BCUT2D eigenvalue weighted by molar-refractivity contribution is 5.83. The average Bonchev–Trinajstić information content (AvgIpc) is 2.97. The van der Waals surface area contributed by atoms with Crippen molar-refractivity contribution in [3.05, 3.63) is 81.6 Å². The van der Waals surface area contributed by atoms with Gasteiger partial charge >= 0.3 is 5.97 Å². The fourth-order valence-corrected chi connectivity index (χ4v) is 4.56. The Morgan fingerprint density at radius 1 is 1.00 bits per heavy atom. The third-order valence-corrected chi connectivity index (χ3v) is 6.71. The third kappa shape index (κ3) is 6.46. The maximum absolute atomic E-state index is 13.8. The number of fused-ring (bicyclic) bond motifs is 1. The molecule has 220 valence electrons. The van der Waals surface area contributed by atoms with E-state index in [2.05, 4.69) is 18.9 Å². The normalized spacial score (nSPS) is 12.1. The number of aryl methyl sites for hydroxylation is 1. The van der Waals surface area contributed by atoms with E-state index in [1.54, 1.807) is 50.4 Å². The summed E-state index contributed by atoms with van der Waals surface area (Å²) in [6.45, 7) is 12.3. The summed E-state index contributed by atoms with van der Waals surface area (Å²) in [6.07, 6.45) is 0.756. The highest BCUT2D eigenvalue weighted by Gasteiger charge is 2.20. The van der Waals surface area contributed by atoms with E-state index >= 15 is 0 Å². The number of carbonyl (C=O) groups is 1. The molecule has 9 nitrogen and oxygen atoms in total. The topological polar surface area (TPSA) is 101 Å². The lowest BCUT2D eigenvalue weighted by molar-refractivity contribution is -0.150. The summed E-state index contributed by atoms with van der Waals surface area (Å²) in [4.78, 5) is 30.7. The van der Waals surface area contributed by atoms with Crippen LogP contribution in [0.25, 0.3) is 22.3 Å². The van der Waals surface area contributed by atoms with E-state index in [9.17, 15) is 9.59 Å². The lowest BCUT2D eigenvalue weighted by atomic mass is 9.96. The van der Waals surface area contributed by atoms with Gasteiger partial charge in [-0.2, -0.15) is 9.78 Å². The Hall–Kier alpha value is -4.66. The number of nitrogens with zero attached hydrogens (tertiary/aromatic N) is 3. The molecule has 0 bridgehead atoms. The number of benzene rings is 3. The molecule has 4 aromatic rings. The van der Waals surface area contributed by atoms with Crippen molar-refractivity contribution in [3.8, 4) is 28.6 Å². The van der Waals surface area contributed by atoms with Crippen molar-refractivity contribution in [3.63, 3.8) is 0 Å². The predicted molar refractivity (Wildman–Crippen MR) is 164 cm³/mol. The van der Waals surface area contributed by atoms with E-state index in [0.29, 0.717) is 40.4 Å². The van der Waals surface area contributed by atoms with Crippen molar-refractivity contribution in [1.29, 1.82) is 0 Å². The minimum absolute atomic E-state index is 0.190. The van der Waals surface area contributed by atoms with Crippen molar-refractivity contribution < 1.29 is 23.7 Å². The van der Waals surface area contributed by atoms with Crippen molar-refractivity contribution in [2.24, 2.45) is 5.10 Å². The first-order valence-corrected chi connectivity index (χ1v) is 14.0. The first-order valence-electron chi connectivity index (χ1n) is 14.0. The summed E-state index contributed by atoms with van der Waals surface area (Å²) in [6, 6.07) is 16.4. The van der Waals surface area contributed by atoms with Crippen molar-refractivity contribution in [1.82, 2.24) is 9.66 Å². The summed E-state index contributed by atoms with van der Waals surface area (Å²) in [5, 5.41) is 5.07. The van der Waals surface area contributed by atoms with Crippen LogP contribution in [0.2, 0.25) is 0 Å². The van der Waals surface area contributed by atoms with Crippen LogP contribution in [0.1, 0.15) is 57.2 Å². The Morgan fingerprint density at radius 2 is 1.76 bits per heavy atom. The molecule has 3 aromatic carbocycles. The summed E-state index contributed by atoms with van der Waals surface area (Å²) >= 11 is 0. The smallest absolute Gasteiger partial charge is 0.347 e. The Bertz CT molecular complexity index is 1670. The predicted octanol–water partition coefficient (Wildman–Crippen LogP) is 6.12. The summed E-state index contributed by atoms with van der Waals surface area (Å²) < 4.78 is 23.5. The molecule has 0 spiro atoms. The molecule has 0 saturated carbocycles. The van der Waals surface area contributed by atoms with Crippen LogP contribution in [0.15, 0.2) is 64.5 Å². The van der Waals surface area contributed by atoms with E-state index < -0.39 is 12.1 Å². The van der Waals surface area contributed by atoms with Crippen LogP contribution in [-0.4, -0.2) is 48.3 Å². The zero-order valence-electron chi connectivity index (χ0n) is 25.1. The Balaban J connectivity index is 1.81. The number of hydrogen-bond acceptors (Lipinski definition) is 8. The number of hydrogen-bond donors (Lipinski definition) is 0. The number of para-hydroxylation sites is 1. The molecule has 0 amide bonds. The molecule has 0 unspecified atom stereocenters. The molecule has 1 aromatic heterocycles. The second-order valence-corrected chi connectivity index (χ2v) is 10.0. The van der Waals surface area contributed by atoms with Gasteiger partial charge in [-0.25, -0.2) is 9.78 Å². The van der Waals surface area contributed by atoms with Gasteiger partial charge in [0.2, 0.25) is 0 Å². The van der Waals surface area contributed by atoms with E-state index in [1.165, 1.54) is 11.8 Å². The van der Waals surface area contributed by atoms with Gasteiger partial charge in [0.05, 0.1) is 37.4 Å². The van der Waals surface area contributed by atoms with Crippen LogP contribution in [-0.2, 0) is 9.53 Å². The van der Waals surface area contributed by atoms with Gasteiger partial charge in [-0.3, -0.25) is 4.79 Å². The standard InChI is InChI=1S/C33H37N3O6/c1-8-40-29-16-21(5)26(18-25(29)20(3)4)31-35-27-13-11-10-12-24(27)32(37)36(31)34-19-23-14-15-28(30(17-23)39-7)42-22(6)33(38)41-9-2/h10-20,22H,8-9H2,1-7H3/t22-/m1/s1. The van der Waals surface area contributed by atoms with Gasteiger partial charge in [-0.1, -0.05) is 26.0 Å². The van der Waals surface area contributed by atoms with E-state index in [4.69, 9.17) is 23.9 Å². The van der Waals surface area contributed by atoms with Crippen LogP contribution in [0.4, 0.5) is 0 Å². The zero-order valence-corrected chi connectivity index (χ0v) is 25.1. The average molecular weight is 572 g/mol. The van der Waals surface area contributed by atoms with Crippen LogP contribution in [0.3, 0.4) is 0 Å². The number of esters is 1. The Kier molecular flexibility index (Phi) is 9.62. The van der Waals surface area contributed by atoms with Gasteiger partial charge < -0.3 is 18.9 Å². The van der Waals surface area contributed by atoms with E-state index in [-0.39, 0.29) is 18.1 Å². The number of carbonyl (C=O) groups excluding carboxylic acids is 1. The maximum atomic E-state index is 13.8. The monoisotopic (exact) mass is 571 g/mol. The molecular formula is C33H37N3O6. The number of methoxy groups -OCH3 is 1. The molecule has 1 heterocycles. The van der Waals surface area contributed by atoms with Crippen molar-refractivity contribution >= 4 is 23.1 Å². The molecule has 0 aliphatic rings. The first-order chi connectivity index (χ1) is 20.2. The molecule has 0 fully saturated rings. The van der Waals surface area contributed by atoms with Gasteiger partial charge in [0.1, 0.15) is 5.75 Å². The first kappa shape index (κ1) is 30.3. The fraction of sp³-hybridized carbons (Fsp3) is 0.333. The van der Waals surface area contributed by atoms with Gasteiger partial charge in [0.25, 0.3) is 5.56 Å². The molecule has 0 aliphatic heterocycles. The summed E-state index contributed by atoms with van der Waals surface area (Å²) in [7, 11) is 1.51. The molecule has 9 heteroatoms.